The highest BCUT2D eigenvalue weighted by Gasteiger charge is 2.19. The number of benzene rings is 4. The fourth-order valence-electron chi connectivity index (χ4n) is 4.68. The third-order valence-electron chi connectivity index (χ3n) is 7.17. The monoisotopic (exact) mass is 589 g/mol. The number of anilines is 3. The van der Waals surface area contributed by atoms with Gasteiger partial charge >= 0.3 is 11.9 Å². The fourth-order valence-corrected chi connectivity index (χ4v) is 4.68. The van der Waals surface area contributed by atoms with Crippen molar-refractivity contribution in [3.8, 4) is 16.9 Å². The summed E-state index contributed by atoms with van der Waals surface area (Å²) < 4.78 is 16.6. The SMILES string of the molecule is C=CC(=O)OC(COC(=O)C(=C)C)COc1cc(C)c(-c2ccc(N(c3ccc(C)cc3)c3ccc(C)cc3)cc2)cc1C. The van der Waals surface area contributed by atoms with E-state index >= 15 is 0 Å². The Kier molecular flexibility index (Phi) is 10.4. The maximum absolute atomic E-state index is 11.8. The second-order valence-corrected chi connectivity index (χ2v) is 10.9. The Morgan fingerprint density at radius 2 is 1.30 bits per heavy atom. The summed E-state index contributed by atoms with van der Waals surface area (Å²) in [5.74, 6) is -0.536. The van der Waals surface area contributed by atoms with Gasteiger partial charge in [0.2, 0.25) is 0 Å². The maximum atomic E-state index is 11.8. The van der Waals surface area contributed by atoms with Gasteiger partial charge in [0.15, 0.2) is 6.10 Å². The smallest absolute Gasteiger partial charge is 0.333 e. The van der Waals surface area contributed by atoms with E-state index in [9.17, 15) is 9.59 Å². The molecular formula is C38H39NO5. The molecule has 1 unspecified atom stereocenters. The zero-order chi connectivity index (χ0) is 31.8. The highest BCUT2D eigenvalue weighted by atomic mass is 16.6. The van der Waals surface area contributed by atoms with Crippen molar-refractivity contribution in [1.29, 1.82) is 0 Å². The van der Waals surface area contributed by atoms with Crippen molar-refractivity contribution in [2.75, 3.05) is 18.1 Å². The van der Waals surface area contributed by atoms with Crippen LogP contribution in [0, 0.1) is 27.7 Å². The normalized spacial score (nSPS) is 11.3. The first kappa shape index (κ1) is 31.8. The molecular weight excluding hydrogens is 550 g/mol. The number of aryl methyl sites for hydroxylation is 4. The molecule has 6 heteroatoms. The van der Waals surface area contributed by atoms with Gasteiger partial charge in [-0.3, -0.25) is 0 Å². The van der Waals surface area contributed by atoms with E-state index in [0.717, 1.165) is 45.4 Å². The van der Waals surface area contributed by atoms with Crippen LogP contribution < -0.4 is 9.64 Å². The van der Waals surface area contributed by atoms with Crippen molar-refractivity contribution in [2.24, 2.45) is 0 Å². The van der Waals surface area contributed by atoms with E-state index in [4.69, 9.17) is 14.2 Å². The first-order valence-corrected chi connectivity index (χ1v) is 14.5. The average Bonchev–Trinajstić information content (AvgIpc) is 3.01. The van der Waals surface area contributed by atoms with Gasteiger partial charge in [0.1, 0.15) is 19.0 Å². The number of esters is 2. The topological polar surface area (TPSA) is 65.1 Å². The van der Waals surface area contributed by atoms with E-state index in [2.05, 4.69) is 111 Å². The molecule has 4 rings (SSSR count). The van der Waals surface area contributed by atoms with Crippen LogP contribution in [0.1, 0.15) is 29.2 Å². The number of ether oxygens (including phenoxy) is 3. The molecule has 0 radical (unpaired) electrons. The number of carbonyl (C=O) groups is 2. The minimum Gasteiger partial charge on any atom is -0.489 e. The number of hydrogen-bond donors (Lipinski definition) is 0. The summed E-state index contributed by atoms with van der Waals surface area (Å²) in [6, 6.07) is 29.7. The molecule has 6 nitrogen and oxygen atoms in total. The lowest BCUT2D eigenvalue weighted by molar-refractivity contribution is -0.154. The largest absolute Gasteiger partial charge is 0.489 e. The zero-order valence-electron chi connectivity index (χ0n) is 26.1. The van der Waals surface area contributed by atoms with Gasteiger partial charge in [-0.25, -0.2) is 9.59 Å². The first-order valence-electron chi connectivity index (χ1n) is 14.5. The fraction of sp³-hybridized carbons (Fsp3) is 0.211. The molecule has 0 aliphatic rings. The van der Waals surface area contributed by atoms with Gasteiger partial charge in [0.05, 0.1) is 0 Å². The lowest BCUT2D eigenvalue weighted by atomic mass is 9.97. The van der Waals surface area contributed by atoms with Gasteiger partial charge in [-0.2, -0.15) is 0 Å². The molecule has 0 amide bonds. The molecule has 0 spiro atoms. The molecule has 4 aromatic rings. The third kappa shape index (κ3) is 8.04. The van der Waals surface area contributed by atoms with Crippen LogP contribution in [0.3, 0.4) is 0 Å². The summed E-state index contributed by atoms with van der Waals surface area (Å²) >= 11 is 0. The van der Waals surface area contributed by atoms with E-state index in [1.165, 1.54) is 11.1 Å². The Labute approximate surface area is 260 Å². The number of hydrogen-bond acceptors (Lipinski definition) is 6. The second kappa shape index (κ2) is 14.4. The number of carbonyl (C=O) groups excluding carboxylic acids is 2. The van der Waals surface area contributed by atoms with E-state index in [1.807, 2.05) is 19.9 Å². The molecule has 44 heavy (non-hydrogen) atoms. The van der Waals surface area contributed by atoms with Crippen LogP contribution in [-0.4, -0.2) is 31.3 Å². The summed E-state index contributed by atoms with van der Waals surface area (Å²) in [5, 5.41) is 0. The molecule has 226 valence electrons. The molecule has 1 atom stereocenters. The highest BCUT2D eigenvalue weighted by Crippen LogP contribution is 2.37. The lowest BCUT2D eigenvalue weighted by Crippen LogP contribution is -2.30. The quantitative estimate of drug-likeness (QED) is 0.122. The van der Waals surface area contributed by atoms with Gasteiger partial charge in [0, 0.05) is 28.7 Å². The standard InChI is InChI=1S/C38H39NO5/c1-8-37(40)44-34(24-43-38(41)25(2)3)23-42-36-22-28(6)35(21-29(36)7)30-13-19-33(20-14-30)39(31-15-9-26(4)10-16-31)32-17-11-27(5)12-18-32/h8-22,34H,1-2,23-24H2,3-7H3. The minimum atomic E-state index is -0.805. The first-order chi connectivity index (χ1) is 21.0. The van der Waals surface area contributed by atoms with Crippen molar-refractivity contribution in [3.63, 3.8) is 0 Å². The van der Waals surface area contributed by atoms with Crippen molar-refractivity contribution in [2.45, 2.75) is 40.7 Å². The minimum absolute atomic E-state index is 0.00519. The molecule has 0 N–H and O–H groups in total. The van der Waals surface area contributed by atoms with Gasteiger partial charge in [-0.05, 0) is 105 Å². The summed E-state index contributed by atoms with van der Waals surface area (Å²) in [6.45, 7) is 16.6. The molecule has 0 saturated heterocycles. The van der Waals surface area contributed by atoms with Crippen LogP contribution in [0.2, 0.25) is 0 Å². The van der Waals surface area contributed by atoms with Crippen molar-refractivity contribution in [1.82, 2.24) is 0 Å². The Bertz CT molecular complexity index is 1590. The Morgan fingerprint density at radius 3 is 1.80 bits per heavy atom. The van der Waals surface area contributed by atoms with Crippen LogP contribution in [-0.2, 0) is 19.1 Å². The van der Waals surface area contributed by atoms with Crippen molar-refractivity contribution in [3.05, 3.63) is 132 Å². The van der Waals surface area contributed by atoms with Crippen LogP contribution >= 0.6 is 0 Å². The van der Waals surface area contributed by atoms with E-state index < -0.39 is 18.0 Å². The van der Waals surface area contributed by atoms with E-state index in [-0.39, 0.29) is 18.8 Å². The molecule has 0 saturated carbocycles. The highest BCUT2D eigenvalue weighted by molar-refractivity contribution is 5.87. The number of rotatable bonds is 12. The zero-order valence-corrected chi connectivity index (χ0v) is 26.1. The van der Waals surface area contributed by atoms with Gasteiger partial charge < -0.3 is 19.1 Å². The molecule has 4 aromatic carbocycles. The molecule has 0 aliphatic heterocycles. The molecule has 0 aliphatic carbocycles. The summed E-state index contributed by atoms with van der Waals surface area (Å²) in [6.07, 6.45) is 0.254. The predicted molar refractivity (Wildman–Crippen MR) is 177 cm³/mol. The summed E-state index contributed by atoms with van der Waals surface area (Å²) in [4.78, 5) is 25.9. The Hall–Kier alpha value is -5.10. The predicted octanol–water partition coefficient (Wildman–Crippen LogP) is 8.65. The summed E-state index contributed by atoms with van der Waals surface area (Å²) in [5.41, 5.74) is 10.0. The molecule has 0 aromatic heterocycles. The van der Waals surface area contributed by atoms with Crippen LogP contribution in [0.4, 0.5) is 17.1 Å². The van der Waals surface area contributed by atoms with Gasteiger partial charge in [0.25, 0.3) is 0 Å². The number of nitrogens with zero attached hydrogens (tertiary/aromatic N) is 1. The van der Waals surface area contributed by atoms with Crippen LogP contribution in [0.5, 0.6) is 5.75 Å². The van der Waals surface area contributed by atoms with Gasteiger partial charge in [-0.15, -0.1) is 0 Å². The maximum Gasteiger partial charge on any atom is 0.333 e. The Balaban J connectivity index is 1.55. The van der Waals surface area contributed by atoms with E-state index in [0.29, 0.717) is 5.75 Å². The third-order valence-corrected chi connectivity index (χ3v) is 7.17. The lowest BCUT2D eigenvalue weighted by Gasteiger charge is -2.26. The second-order valence-electron chi connectivity index (χ2n) is 10.9. The average molecular weight is 590 g/mol. The summed E-state index contributed by atoms with van der Waals surface area (Å²) in [7, 11) is 0. The van der Waals surface area contributed by atoms with Crippen molar-refractivity contribution < 1.29 is 23.8 Å². The van der Waals surface area contributed by atoms with E-state index in [1.54, 1.807) is 6.92 Å². The Morgan fingerprint density at radius 1 is 0.773 bits per heavy atom. The van der Waals surface area contributed by atoms with Crippen LogP contribution in [0.15, 0.2) is 110 Å². The molecule has 0 fully saturated rings. The molecule has 0 heterocycles. The molecule has 0 bridgehead atoms. The van der Waals surface area contributed by atoms with Crippen molar-refractivity contribution >= 4 is 29.0 Å². The van der Waals surface area contributed by atoms with Crippen LogP contribution in [0.25, 0.3) is 11.1 Å². The van der Waals surface area contributed by atoms with Gasteiger partial charge in [-0.1, -0.05) is 60.7 Å².